The highest BCUT2D eigenvalue weighted by molar-refractivity contribution is 8.26. The molecule has 2 fully saturated rings. The Kier molecular flexibility index (Phi) is 5.97. The smallest absolute Gasteiger partial charge is 0.267 e. The predicted molar refractivity (Wildman–Crippen MR) is 127 cm³/mol. The minimum absolute atomic E-state index is 0.0262. The third-order valence-corrected chi connectivity index (χ3v) is 6.98. The number of aromatic nitrogens is 2. The van der Waals surface area contributed by atoms with Gasteiger partial charge in [-0.3, -0.25) is 18.9 Å². The summed E-state index contributed by atoms with van der Waals surface area (Å²) in [5.41, 5.74) is 1.79. The van der Waals surface area contributed by atoms with Crippen LogP contribution in [0.3, 0.4) is 0 Å². The Morgan fingerprint density at radius 3 is 2.67 bits per heavy atom. The van der Waals surface area contributed by atoms with Gasteiger partial charge in [-0.2, -0.15) is 0 Å². The van der Waals surface area contributed by atoms with Gasteiger partial charge in [0.2, 0.25) is 0 Å². The second kappa shape index (κ2) is 8.51. The van der Waals surface area contributed by atoms with E-state index in [0.717, 1.165) is 18.4 Å². The molecule has 2 aliphatic rings. The fourth-order valence-corrected chi connectivity index (χ4v) is 5.55. The maximum atomic E-state index is 13.4. The number of aryl methyl sites for hydroxylation is 1. The molecule has 1 aliphatic heterocycles. The monoisotopic (exact) mass is 442 g/mol. The number of hydrogen-bond acceptors (Lipinski definition) is 6. The molecule has 0 spiro atoms. The molecular weight excluding hydrogens is 416 g/mol. The highest BCUT2D eigenvalue weighted by atomic mass is 32.2. The number of thioether (sulfide) groups is 1. The molecule has 1 saturated carbocycles. The van der Waals surface area contributed by atoms with Crippen LogP contribution < -0.4 is 10.9 Å². The van der Waals surface area contributed by atoms with Crippen LogP contribution in [0.1, 0.15) is 57.1 Å². The van der Waals surface area contributed by atoms with Crippen molar-refractivity contribution < 1.29 is 4.79 Å². The lowest BCUT2D eigenvalue weighted by molar-refractivity contribution is -0.123. The van der Waals surface area contributed by atoms with Crippen molar-refractivity contribution in [3.8, 4) is 0 Å². The van der Waals surface area contributed by atoms with E-state index in [4.69, 9.17) is 17.2 Å². The third-order valence-electron chi connectivity index (χ3n) is 5.65. The van der Waals surface area contributed by atoms with Gasteiger partial charge in [0.25, 0.3) is 11.5 Å². The summed E-state index contributed by atoms with van der Waals surface area (Å²) < 4.78 is 2.07. The van der Waals surface area contributed by atoms with Crippen LogP contribution in [-0.4, -0.2) is 36.6 Å². The van der Waals surface area contributed by atoms with Crippen LogP contribution in [0, 0.1) is 6.92 Å². The first kappa shape index (κ1) is 21.1. The molecule has 0 bridgehead atoms. The number of nitrogens with zero attached hydrogens (tertiary/aromatic N) is 3. The van der Waals surface area contributed by atoms with Crippen LogP contribution in [0.2, 0.25) is 0 Å². The number of carbonyl (C=O) groups excluding carboxylic acids is 1. The van der Waals surface area contributed by atoms with E-state index in [-0.39, 0.29) is 23.6 Å². The first-order valence-corrected chi connectivity index (χ1v) is 11.6. The zero-order valence-corrected chi connectivity index (χ0v) is 19.1. The Hall–Kier alpha value is -2.19. The van der Waals surface area contributed by atoms with Crippen molar-refractivity contribution in [2.45, 2.75) is 65.0 Å². The molecule has 6 nitrogen and oxygen atoms in total. The van der Waals surface area contributed by atoms with Crippen molar-refractivity contribution in [2.75, 3.05) is 5.32 Å². The van der Waals surface area contributed by atoms with Gasteiger partial charge in [-0.05, 0) is 51.3 Å². The average Bonchev–Trinajstić information content (AvgIpc) is 2.99. The minimum Gasteiger partial charge on any atom is -0.367 e. The number of rotatable bonds is 4. The molecule has 3 heterocycles. The van der Waals surface area contributed by atoms with Crippen LogP contribution in [0.5, 0.6) is 0 Å². The largest absolute Gasteiger partial charge is 0.367 e. The zero-order valence-electron chi connectivity index (χ0n) is 17.5. The molecule has 0 radical (unpaired) electrons. The topological polar surface area (TPSA) is 66.7 Å². The lowest BCUT2D eigenvalue weighted by Gasteiger charge is -2.24. The summed E-state index contributed by atoms with van der Waals surface area (Å²) in [6.45, 7) is 5.80. The first-order chi connectivity index (χ1) is 14.4. The molecule has 2 aromatic rings. The second-order valence-corrected chi connectivity index (χ2v) is 9.86. The minimum atomic E-state index is -0.183. The van der Waals surface area contributed by atoms with Crippen molar-refractivity contribution in [2.24, 2.45) is 0 Å². The van der Waals surface area contributed by atoms with Crippen LogP contribution in [0.25, 0.3) is 11.7 Å². The second-order valence-electron chi connectivity index (χ2n) is 8.19. The van der Waals surface area contributed by atoms with E-state index in [0.29, 0.717) is 26.3 Å². The van der Waals surface area contributed by atoms with Gasteiger partial charge in [-0.25, -0.2) is 4.98 Å². The van der Waals surface area contributed by atoms with E-state index in [2.05, 4.69) is 5.32 Å². The van der Waals surface area contributed by atoms with Crippen LogP contribution in [0.4, 0.5) is 5.82 Å². The first-order valence-electron chi connectivity index (χ1n) is 10.4. The summed E-state index contributed by atoms with van der Waals surface area (Å²) in [5, 5.41) is 3.51. The lowest BCUT2D eigenvalue weighted by Crippen LogP contribution is -2.34. The summed E-state index contributed by atoms with van der Waals surface area (Å²) >= 11 is 6.63. The summed E-state index contributed by atoms with van der Waals surface area (Å²) in [4.78, 5) is 33.2. The van der Waals surface area contributed by atoms with E-state index >= 15 is 0 Å². The van der Waals surface area contributed by atoms with Crippen molar-refractivity contribution in [1.29, 1.82) is 0 Å². The molecule has 1 saturated heterocycles. The number of carbonyl (C=O) groups is 1. The third kappa shape index (κ3) is 3.90. The molecule has 0 aromatic carbocycles. The fraction of sp³-hybridized carbons (Fsp3) is 0.455. The highest BCUT2D eigenvalue weighted by Gasteiger charge is 2.34. The maximum Gasteiger partial charge on any atom is 0.267 e. The summed E-state index contributed by atoms with van der Waals surface area (Å²) in [5.74, 6) is 0.397. The number of pyridine rings is 1. The predicted octanol–water partition coefficient (Wildman–Crippen LogP) is 4.36. The van der Waals surface area contributed by atoms with Crippen molar-refractivity contribution in [1.82, 2.24) is 14.3 Å². The Morgan fingerprint density at radius 1 is 1.27 bits per heavy atom. The number of hydrogen-bond donors (Lipinski definition) is 1. The van der Waals surface area contributed by atoms with Gasteiger partial charge in [0.15, 0.2) is 0 Å². The molecule has 1 amide bonds. The van der Waals surface area contributed by atoms with E-state index in [1.165, 1.54) is 31.0 Å². The van der Waals surface area contributed by atoms with Crippen LogP contribution in [0.15, 0.2) is 28.0 Å². The van der Waals surface area contributed by atoms with Crippen molar-refractivity contribution >= 4 is 51.7 Å². The van der Waals surface area contributed by atoms with E-state index < -0.39 is 0 Å². The number of thiocarbonyl (C=S) groups is 1. The molecule has 158 valence electrons. The van der Waals surface area contributed by atoms with Gasteiger partial charge in [-0.1, -0.05) is 49.3 Å². The number of nitrogens with one attached hydrogen (secondary N) is 1. The zero-order chi connectivity index (χ0) is 21.4. The van der Waals surface area contributed by atoms with Crippen LogP contribution in [-0.2, 0) is 4.79 Å². The molecule has 8 heteroatoms. The normalized spacial score (nSPS) is 19.5. The quantitative estimate of drug-likeness (QED) is 0.561. The molecule has 2 aromatic heterocycles. The van der Waals surface area contributed by atoms with Gasteiger partial charge in [-0.15, -0.1) is 0 Å². The summed E-state index contributed by atoms with van der Waals surface area (Å²) in [6.07, 6.45) is 9.09. The Morgan fingerprint density at radius 2 is 2.00 bits per heavy atom. The Balaban J connectivity index is 1.84. The number of anilines is 1. The lowest BCUT2D eigenvalue weighted by atomic mass is 9.95. The van der Waals surface area contributed by atoms with Crippen molar-refractivity contribution in [3.05, 3.63) is 44.7 Å². The van der Waals surface area contributed by atoms with Gasteiger partial charge < -0.3 is 5.32 Å². The average molecular weight is 443 g/mol. The molecule has 0 unspecified atom stereocenters. The Labute approximate surface area is 185 Å². The van der Waals surface area contributed by atoms with Gasteiger partial charge >= 0.3 is 0 Å². The molecule has 0 atom stereocenters. The number of amides is 1. The number of fused-ring (bicyclic) bond motifs is 1. The SMILES string of the molecule is Cc1cccn2c(=O)c(/C=C3/SC(=S)N(C(C)C)C3=O)c(NC3CCCCC3)nc12. The Bertz CT molecular complexity index is 1100. The van der Waals surface area contributed by atoms with Crippen LogP contribution >= 0.6 is 24.0 Å². The fourth-order valence-electron chi connectivity index (χ4n) is 4.05. The molecule has 30 heavy (non-hydrogen) atoms. The van der Waals surface area contributed by atoms with E-state index in [9.17, 15) is 9.59 Å². The molecule has 4 rings (SSSR count). The molecule has 1 N–H and O–H groups in total. The summed E-state index contributed by atoms with van der Waals surface area (Å²) in [7, 11) is 0. The standard InChI is InChI=1S/C22H26N4O2S2/c1-13(2)26-21(28)17(30-22(26)29)12-16-18(23-15-9-5-4-6-10-15)24-19-14(3)8-7-11-25(19)20(16)27/h7-8,11-13,15,23H,4-6,9-10H2,1-3H3/b17-12+. The molecule has 1 aliphatic carbocycles. The van der Waals surface area contributed by atoms with Crippen molar-refractivity contribution in [3.63, 3.8) is 0 Å². The van der Waals surface area contributed by atoms with E-state index in [1.807, 2.05) is 32.9 Å². The van der Waals surface area contributed by atoms with Gasteiger partial charge in [0.05, 0.1) is 10.5 Å². The summed E-state index contributed by atoms with van der Waals surface area (Å²) in [6, 6.07) is 4.04. The van der Waals surface area contributed by atoms with Gasteiger partial charge in [0.1, 0.15) is 15.8 Å². The highest BCUT2D eigenvalue weighted by Crippen LogP contribution is 2.34. The molecular formula is C22H26N4O2S2. The maximum absolute atomic E-state index is 13.4. The van der Waals surface area contributed by atoms with Gasteiger partial charge in [0, 0.05) is 18.3 Å². The van der Waals surface area contributed by atoms with E-state index in [1.54, 1.807) is 21.6 Å².